The van der Waals surface area contributed by atoms with Gasteiger partial charge in [-0.3, -0.25) is 0 Å². The number of rotatable bonds is 3. The van der Waals surface area contributed by atoms with E-state index < -0.39 is 9.04 Å². The van der Waals surface area contributed by atoms with Gasteiger partial charge in [0, 0.05) is 0 Å². The lowest BCUT2D eigenvalue weighted by Crippen LogP contribution is -2.13. The first kappa shape index (κ1) is 13.9. The minimum atomic E-state index is -1.00. The van der Waals surface area contributed by atoms with Gasteiger partial charge in [0.25, 0.3) is 0 Å². The molecule has 0 aliphatic heterocycles. The van der Waals surface area contributed by atoms with Crippen LogP contribution in [0.1, 0.15) is 36.9 Å². The van der Waals surface area contributed by atoms with Crippen LogP contribution in [-0.2, 0) is 9.84 Å². The van der Waals surface area contributed by atoms with Gasteiger partial charge in [-0.05, 0) is 29.6 Å². The van der Waals surface area contributed by atoms with Gasteiger partial charge in [0.05, 0.1) is 0 Å². The van der Waals surface area contributed by atoms with E-state index in [2.05, 4.69) is 74.1 Å². The zero-order valence-electron chi connectivity index (χ0n) is 10.8. The van der Waals surface area contributed by atoms with E-state index in [-0.39, 0.29) is 10.4 Å². The predicted molar refractivity (Wildman–Crippen MR) is 76.8 cm³/mol. The molecule has 3 heteroatoms. The third-order valence-electron chi connectivity index (χ3n) is 2.41. The summed E-state index contributed by atoms with van der Waals surface area (Å²) in [5, 5.41) is 0.0430. The van der Waals surface area contributed by atoms with Gasteiger partial charge in [-0.2, -0.15) is 0 Å². The quantitative estimate of drug-likeness (QED) is 0.595. The molecule has 1 atom stereocenters. The number of hydrogen-bond acceptors (Lipinski definition) is 1. The van der Waals surface area contributed by atoms with E-state index in [0.29, 0.717) is 0 Å². The van der Waals surface area contributed by atoms with Crippen LogP contribution in [0.2, 0.25) is 13.1 Å². The summed E-state index contributed by atoms with van der Waals surface area (Å²) in [5.74, 6) is 0. The first-order chi connectivity index (χ1) is 7.30. The topological polar surface area (TPSA) is 9.23 Å². The minimum absolute atomic E-state index is 0.0430. The molecule has 0 N–H and O–H groups in total. The van der Waals surface area contributed by atoms with E-state index in [1.165, 1.54) is 11.1 Å². The molecule has 1 rings (SSSR count). The highest BCUT2D eigenvalue weighted by molar-refractivity contribution is 9.09. The van der Waals surface area contributed by atoms with Crippen molar-refractivity contribution in [3.8, 4) is 0 Å². The van der Waals surface area contributed by atoms with E-state index in [9.17, 15) is 0 Å². The van der Waals surface area contributed by atoms with Crippen LogP contribution in [-0.4, -0.2) is 9.04 Å². The lowest BCUT2D eigenvalue weighted by Gasteiger charge is -2.21. The van der Waals surface area contributed by atoms with Crippen LogP contribution in [0.15, 0.2) is 24.3 Å². The van der Waals surface area contributed by atoms with Crippen molar-refractivity contribution in [3.63, 3.8) is 0 Å². The molecule has 0 heterocycles. The van der Waals surface area contributed by atoms with E-state index in [1.807, 2.05) is 0 Å². The first-order valence-electron chi connectivity index (χ1n) is 5.70. The van der Waals surface area contributed by atoms with Crippen LogP contribution in [0, 0.1) is 0 Å². The smallest absolute Gasteiger partial charge is 0.172 e. The molecular formula is C13H21BrOSi. The normalized spacial score (nSPS) is 14.2. The average molecular weight is 301 g/mol. The second-order valence-electron chi connectivity index (χ2n) is 5.38. The Bertz CT molecular complexity index is 344. The summed E-state index contributed by atoms with van der Waals surface area (Å²) in [4.78, 5) is 0. The summed E-state index contributed by atoms with van der Waals surface area (Å²) in [5.41, 5.74) is 2.76. The molecule has 0 aliphatic carbocycles. The van der Waals surface area contributed by atoms with Crippen molar-refractivity contribution in [2.24, 2.45) is 0 Å². The molecule has 1 aromatic rings. The maximum atomic E-state index is 5.86. The van der Waals surface area contributed by atoms with Gasteiger partial charge in [0.1, 0.15) is 5.01 Å². The molecule has 0 saturated carbocycles. The summed E-state index contributed by atoms with van der Waals surface area (Å²) in [6.07, 6.45) is 0. The van der Waals surface area contributed by atoms with Gasteiger partial charge in [-0.1, -0.05) is 61.0 Å². The summed E-state index contributed by atoms with van der Waals surface area (Å²) in [6, 6.07) is 8.63. The lowest BCUT2D eigenvalue weighted by molar-refractivity contribution is 0.309. The number of hydrogen-bond donors (Lipinski definition) is 0. The molecule has 1 unspecified atom stereocenters. The lowest BCUT2D eigenvalue weighted by atomic mass is 9.86. The Hall–Kier alpha value is -0.123. The van der Waals surface area contributed by atoms with Crippen molar-refractivity contribution in [1.29, 1.82) is 0 Å². The molecule has 16 heavy (non-hydrogen) atoms. The molecule has 0 spiro atoms. The third kappa shape index (κ3) is 4.04. The fourth-order valence-corrected chi connectivity index (χ4v) is 3.68. The number of halogens is 1. The van der Waals surface area contributed by atoms with Gasteiger partial charge < -0.3 is 4.43 Å². The Morgan fingerprint density at radius 1 is 1.25 bits per heavy atom. The second-order valence-corrected chi connectivity index (χ2v) is 8.58. The summed E-state index contributed by atoms with van der Waals surface area (Å²) in [6.45, 7) is 11.1. The van der Waals surface area contributed by atoms with Crippen molar-refractivity contribution in [3.05, 3.63) is 35.4 Å². The predicted octanol–water partition coefficient (Wildman–Crippen LogP) is 4.38. The number of benzene rings is 1. The monoisotopic (exact) mass is 300 g/mol. The SMILES string of the molecule is C[SiH](C)OC(Br)c1cccc(C(C)(C)C)c1. The third-order valence-corrected chi connectivity index (χ3v) is 4.37. The maximum absolute atomic E-state index is 5.86. The molecule has 1 aromatic carbocycles. The van der Waals surface area contributed by atoms with Crippen LogP contribution < -0.4 is 0 Å². The molecule has 0 aliphatic rings. The molecule has 0 fully saturated rings. The standard InChI is InChI=1S/C13H21BrOSi/c1-13(2,3)11-8-6-7-10(9-11)12(14)15-16(4)5/h6-9,12,16H,1-5H3. The largest absolute Gasteiger partial charge is 0.404 e. The Morgan fingerprint density at radius 3 is 2.38 bits per heavy atom. The average Bonchev–Trinajstić information content (AvgIpc) is 2.15. The summed E-state index contributed by atoms with van der Waals surface area (Å²) < 4.78 is 5.86. The fraction of sp³-hybridized carbons (Fsp3) is 0.538. The van der Waals surface area contributed by atoms with Gasteiger partial charge in [-0.25, -0.2) is 0 Å². The second kappa shape index (κ2) is 5.47. The van der Waals surface area contributed by atoms with Crippen molar-refractivity contribution >= 4 is 25.0 Å². The highest BCUT2D eigenvalue weighted by Crippen LogP contribution is 2.29. The van der Waals surface area contributed by atoms with Crippen LogP contribution >= 0.6 is 15.9 Å². The molecule has 0 bridgehead atoms. The van der Waals surface area contributed by atoms with Crippen LogP contribution in [0.4, 0.5) is 0 Å². The Morgan fingerprint density at radius 2 is 1.88 bits per heavy atom. The van der Waals surface area contributed by atoms with E-state index in [0.717, 1.165) is 0 Å². The summed E-state index contributed by atoms with van der Waals surface area (Å²) in [7, 11) is -1.00. The van der Waals surface area contributed by atoms with Crippen molar-refractivity contribution < 1.29 is 4.43 Å². The highest BCUT2D eigenvalue weighted by atomic mass is 79.9. The highest BCUT2D eigenvalue weighted by Gasteiger charge is 2.16. The zero-order chi connectivity index (χ0) is 12.3. The van der Waals surface area contributed by atoms with Gasteiger partial charge in [-0.15, -0.1) is 0 Å². The van der Waals surface area contributed by atoms with E-state index >= 15 is 0 Å². The van der Waals surface area contributed by atoms with Crippen LogP contribution in [0.25, 0.3) is 0 Å². The van der Waals surface area contributed by atoms with Gasteiger partial charge in [0.2, 0.25) is 0 Å². The molecular weight excluding hydrogens is 280 g/mol. The Balaban J connectivity index is 2.90. The molecule has 1 nitrogen and oxygen atoms in total. The zero-order valence-corrected chi connectivity index (χ0v) is 13.5. The van der Waals surface area contributed by atoms with E-state index in [4.69, 9.17) is 4.43 Å². The van der Waals surface area contributed by atoms with E-state index in [1.54, 1.807) is 0 Å². The molecule has 0 saturated heterocycles. The Kier molecular flexibility index (Phi) is 4.77. The van der Waals surface area contributed by atoms with Crippen molar-refractivity contribution in [2.75, 3.05) is 0 Å². The molecule has 0 radical (unpaired) electrons. The summed E-state index contributed by atoms with van der Waals surface area (Å²) >= 11 is 3.60. The van der Waals surface area contributed by atoms with Crippen molar-refractivity contribution in [1.82, 2.24) is 0 Å². The molecule has 0 aromatic heterocycles. The minimum Gasteiger partial charge on any atom is -0.404 e. The maximum Gasteiger partial charge on any atom is 0.172 e. The fourth-order valence-electron chi connectivity index (χ4n) is 1.46. The Labute approximate surface area is 109 Å². The van der Waals surface area contributed by atoms with Crippen LogP contribution in [0.3, 0.4) is 0 Å². The van der Waals surface area contributed by atoms with Gasteiger partial charge >= 0.3 is 0 Å². The van der Waals surface area contributed by atoms with Crippen molar-refractivity contribution in [2.45, 2.75) is 44.3 Å². The molecule has 0 amide bonds. The molecule has 90 valence electrons. The van der Waals surface area contributed by atoms with Crippen LogP contribution in [0.5, 0.6) is 0 Å². The first-order valence-corrected chi connectivity index (χ1v) is 9.40. The van der Waals surface area contributed by atoms with Gasteiger partial charge in [0.15, 0.2) is 9.04 Å². The number of alkyl halides is 1.